The van der Waals surface area contributed by atoms with Crippen LogP contribution in [0.5, 0.6) is 5.75 Å². The van der Waals surface area contributed by atoms with E-state index in [-0.39, 0.29) is 23.9 Å². The Morgan fingerprint density at radius 3 is 2.60 bits per heavy atom. The van der Waals surface area contributed by atoms with Crippen LogP contribution < -0.4 is 20.7 Å². The summed E-state index contributed by atoms with van der Waals surface area (Å²) in [7, 11) is 1.68. The van der Waals surface area contributed by atoms with Crippen molar-refractivity contribution in [2.45, 2.75) is 45.9 Å². The summed E-state index contributed by atoms with van der Waals surface area (Å²) in [5.41, 5.74) is 1.61. The first kappa shape index (κ1) is 23.2. The summed E-state index contributed by atoms with van der Waals surface area (Å²) in [5, 5.41) is 9.38. The lowest BCUT2D eigenvalue weighted by Crippen LogP contribution is -2.41. The van der Waals surface area contributed by atoms with E-state index in [0.29, 0.717) is 30.4 Å². The van der Waals surface area contributed by atoms with Crippen molar-refractivity contribution >= 4 is 11.9 Å². The van der Waals surface area contributed by atoms with Gasteiger partial charge in [0.1, 0.15) is 17.7 Å². The van der Waals surface area contributed by atoms with Crippen LogP contribution in [-0.4, -0.2) is 37.6 Å². The van der Waals surface area contributed by atoms with Crippen LogP contribution in [0, 0.1) is 5.82 Å². The summed E-state index contributed by atoms with van der Waals surface area (Å²) >= 11 is 0. The molecule has 2 aromatic rings. The van der Waals surface area contributed by atoms with Gasteiger partial charge in [-0.05, 0) is 50.1 Å². The van der Waals surface area contributed by atoms with Crippen LogP contribution in [0.2, 0.25) is 0 Å². The predicted octanol–water partition coefficient (Wildman–Crippen LogP) is 3.49. The van der Waals surface area contributed by atoms with Gasteiger partial charge in [0, 0.05) is 31.3 Å². The van der Waals surface area contributed by atoms with Crippen LogP contribution in [0.3, 0.4) is 0 Å². The summed E-state index contributed by atoms with van der Waals surface area (Å²) in [4.78, 5) is 16.5. The molecule has 0 aliphatic heterocycles. The highest BCUT2D eigenvalue weighted by molar-refractivity contribution is 5.94. The number of aliphatic imine (C=N–C) groups is 1. The lowest BCUT2D eigenvalue weighted by Gasteiger charge is -2.18. The molecule has 0 aliphatic carbocycles. The maximum absolute atomic E-state index is 13.3. The minimum absolute atomic E-state index is 0.0722. The van der Waals surface area contributed by atoms with Gasteiger partial charge in [0.05, 0.1) is 6.54 Å². The minimum Gasteiger partial charge on any atom is -0.489 e. The second-order valence-electron chi connectivity index (χ2n) is 7.18. The van der Waals surface area contributed by atoms with Gasteiger partial charge in [-0.2, -0.15) is 0 Å². The average Bonchev–Trinajstić information content (AvgIpc) is 2.74. The van der Waals surface area contributed by atoms with E-state index >= 15 is 0 Å². The molecule has 162 valence electrons. The molecule has 2 atom stereocenters. The first-order chi connectivity index (χ1) is 14.4. The van der Waals surface area contributed by atoms with Crippen molar-refractivity contribution in [3.8, 4) is 5.75 Å². The van der Waals surface area contributed by atoms with Gasteiger partial charge in [0.2, 0.25) is 0 Å². The number of nitrogens with zero attached hydrogens (tertiary/aromatic N) is 1. The molecule has 7 heteroatoms. The Labute approximate surface area is 177 Å². The maximum atomic E-state index is 13.3. The van der Waals surface area contributed by atoms with E-state index in [1.54, 1.807) is 25.2 Å². The molecular weight excluding hydrogens is 383 g/mol. The largest absolute Gasteiger partial charge is 0.489 e. The highest BCUT2D eigenvalue weighted by Gasteiger charge is 2.10. The molecular formula is C23H31FN4O2. The Balaban J connectivity index is 1.83. The number of rotatable bonds is 9. The van der Waals surface area contributed by atoms with Crippen molar-refractivity contribution in [2.24, 2.45) is 4.99 Å². The molecule has 0 fully saturated rings. The van der Waals surface area contributed by atoms with Gasteiger partial charge < -0.3 is 20.7 Å². The lowest BCUT2D eigenvalue weighted by atomic mass is 10.1. The summed E-state index contributed by atoms with van der Waals surface area (Å²) < 4.78 is 19.0. The number of halogens is 1. The quantitative estimate of drug-likeness (QED) is 0.434. The molecule has 1 amide bonds. The van der Waals surface area contributed by atoms with E-state index in [0.717, 1.165) is 12.0 Å². The summed E-state index contributed by atoms with van der Waals surface area (Å²) in [6, 6.07) is 13.7. The molecule has 0 saturated heterocycles. The number of hydrogen-bond acceptors (Lipinski definition) is 3. The van der Waals surface area contributed by atoms with Crippen molar-refractivity contribution < 1.29 is 13.9 Å². The SMILES string of the molecule is CCC(C)NC(=O)c1cccc(CNC(=NC)NCC(C)Oc2cccc(F)c2)c1. The Bertz CT molecular complexity index is 857. The van der Waals surface area contributed by atoms with Gasteiger partial charge in [-0.3, -0.25) is 9.79 Å². The van der Waals surface area contributed by atoms with Crippen LogP contribution in [0.4, 0.5) is 4.39 Å². The zero-order chi connectivity index (χ0) is 21.9. The number of benzene rings is 2. The van der Waals surface area contributed by atoms with Crippen molar-refractivity contribution in [1.82, 2.24) is 16.0 Å². The number of ether oxygens (including phenoxy) is 1. The Morgan fingerprint density at radius 1 is 1.13 bits per heavy atom. The van der Waals surface area contributed by atoms with Gasteiger partial charge in [0.25, 0.3) is 5.91 Å². The maximum Gasteiger partial charge on any atom is 0.251 e. The smallest absolute Gasteiger partial charge is 0.251 e. The van der Waals surface area contributed by atoms with Gasteiger partial charge in [-0.25, -0.2) is 4.39 Å². The molecule has 0 saturated carbocycles. The monoisotopic (exact) mass is 414 g/mol. The zero-order valence-electron chi connectivity index (χ0n) is 18.0. The number of carbonyl (C=O) groups is 1. The summed E-state index contributed by atoms with van der Waals surface area (Å²) in [5.74, 6) is 0.695. The van der Waals surface area contributed by atoms with Gasteiger partial charge >= 0.3 is 0 Å². The van der Waals surface area contributed by atoms with Crippen molar-refractivity contribution in [3.63, 3.8) is 0 Å². The molecule has 2 rings (SSSR count). The average molecular weight is 415 g/mol. The highest BCUT2D eigenvalue weighted by atomic mass is 19.1. The second kappa shape index (κ2) is 11.8. The number of hydrogen-bond donors (Lipinski definition) is 3. The standard InChI is InChI=1S/C23H31FN4O2/c1-5-16(2)28-22(29)19-9-6-8-18(12-19)15-27-23(25-4)26-14-17(3)30-21-11-7-10-20(24)13-21/h6-13,16-17H,5,14-15H2,1-4H3,(H,28,29)(H2,25,26,27). The molecule has 2 unspecified atom stereocenters. The fraction of sp³-hybridized carbons (Fsp3) is 0.391. The van der Waals surface area contributed by atoms with Crippen molar-refractivity contribution in [2.75, 3.05) is 13.6 Å². The van der Waals surface area contributed by atoms with Crippen LogP contribution in [0.1, 0.15) is 43.1 Å². The van der Waals surface area contributed by atoms with Crippen LogP contribution in [-0.2, 0) is 6.54 Å². The summed E-state index contributed by atoms with van der Waals surface area (Å²) in [6.07, 6.45) is 0.703. The predicted molar refractivity (Wildman–Crippen MR) is 118 cm³/mol. The molecule has 0 aromatic heterocycles. The fourth-order valence-electron chi connectivity index (χ4n) is 2.69. The van der Waals surface area contributed by atoms with Crippen LogP contribution in [0.25, 0.3) is 0 Å². The first-order valence-electron chi connectivity index (χ1n) is 10.2. The molecule has 0 bridgehead atoms. The number of nitrogens with one attached hydrogen (secondary N) is 3. The third kappa shape index (κ3) is 7.73. The molecule has 3 N–H and O–H groups in total. The molecule has 0 radical (unpaired) electrons. The normalized spacial score (nSPS) is 13.3. The van der Waals surface area contributed by atoms with Crippen molar-refractivity contribution in [1.29, 1.82) is 0 Å². The van der Waals surface area contributed by atoms with E-state index < -0.39 is 0 Å². The Kier molecular flexibility index (Phi) is 9.12. The number of guanidine groups is 1. The van der Waals surface area contributed by atoms with E-state index in [9.17, 15) is 9.18 Å². The van der Waals surface area contributed by atoms with Gasteiger partial charge in [0.15, 0.2) is 5.96 Å². The molecule has 0 spiro atoms. The topological polar surface area (TPSA) is 74.8 Å². The Hall–Kier alpha value is -3.09. The molecule has 0 heterocycles. The van der Waals surface area contributed by atoms with Crippen LogP contribution >= 0.6 is 0 Å². The first-order valence-corrected chi connectivity index (χ1v) is 10.2. The van der Waals surface area contributed by atoms with E-state index in [1.165, 1.54) is 12.1 Å². The van der Waals surface area contributed by atoms with Gasteiger partial charge in [-0.1, -0.05) is 25.1 Å². The third-order valence-electron chi connectivity index (χ3n) is 4.55. The third-order valence-corrected chi connectivity index (χ3v) is 4.55. The lowest BCUT2D eigenvalue weighted by molar-refractivity contribution is 0.0939. The Morgan fingerprint density at radius 2 is 1.90 bits per heavy atom. The van der Waals surface area contributed by atoms with E-state index in [1.807, 2.05) is 39.0 Å². The summed E-state index contributed by atoms with van der Waals surface area (Å²) in [6.45, 7) is 6.92. The van der Waals surface area contributed by atoms with Gasteiger partial charge in [-0.15, -0.1) is 0 Å². The second-order valence-corrected chi connectivity index (χ2v) is 7.18. The number of carbonyl (C=O) groups excluding carboxylic acids is 1. The molecule has 6 nitrogen and oxygen atoms in total. The van der Waals surface area contributed by atoms with E-state index in [4.69, 9.17) is 4.74 Å². The molecule has 0 aliphatic rings. The van der Waals surface area contributed by atoms with Crippen molar-refractivity contribution in [3.05, 3.63) is 65.5 Å². The molecule has 2 aromatic carbocycles. The van der Waals surface area contributed by atoms with E-state index in [2.05, 4.69) is 20.9 Å². The fourth-order valence-corrected chi connectivity index (χ4v) is 2.69. The zero-order valence-corrected chi connectivity index (χ0v) is 18.0. The minimum atomic E-state index is -0.329. The van der Waals surface area contributed by atoms with Crippen LogP contribution in [0.15, 0.2) is 53.5 Å². The molecule has 30 heavy (non-hydrogen) atoms. The highest BCUT2D eigenvalue weighted by Crippen LogP contribution is 2.13. The number of amides is 1.